The van der Waals surface area contributed by atoms with Gasteiger partial charge in [-0.15, -0.1) is 10.2 Å². The highest BCUT2D eigenvalue weighted by Gasteiger charge is 2.27. The van der Waals surface area contributed by atoms with Crippen LogP contribution in [0.15, 0.2) is 48.5 Å². The minimum absolute atomic E-state index is 0.154. The number of hydrogen-bond acceptors (Lipinski definition) is 5. The van der Waals surface area contributed by atoms with Crippen molar-refractivity contribution < 1.29 is 18.4 Å². The molecule has 0 radical (unpaired) electrons. The van der Waals surface area contributed by atoms with E-state index < -0.39 is 23.7 Å². The maximum Gasteiger partial charge on any atom is 0.251 e. The number of carbonyl (C=O) groups is 2. The summed E-state index contributed by atoms with van der Waals surface area (Å²) in [7, 11) is 0. The average molecular weight is 430 g/mol. The molecule has 9 heteroatoms. The second-order valence-corrected chi connectivity index (χ2v) is 7.73. The molecule has 0 fully saturated rings. The molecule has 0 saturated carbocycles. The molecule has 2 N–H and O–H groups in total. The van der Waals surface area contributed by atoms with Crippen LogP contribution >= 0.6 is 11.3 Å². The molecule has 2 atom stereocenters. The second-order valence-electron chi connectivity index (χ2n) is 6.75. The molecule has 3 rings (SSSR count). The Balaban J connectivity index is 1.72. The number of benzene rings is 2. The molecular formula is C21H20F2N4O2S. The van der Waals surface area contributed by atoms with E-state index in [0.717, 1.165) is 11.3 Å². The third-order valence-electron chi connectivity index (χ3n) is 4.63. The molecule has 2 amide bonds. The summed E-state index contributed by atoms with van der Waals surface area (Å²) in [6, 6.07) is 10.1. The van der Waals surface area contributed by atoms with E-state index >= 15 is 0 Å². The molecule has 30 heavy (non-hydrogen) atoms. The van der Waals surface area contributed by atoms with Gasteiger partial charge in [0.1, 0.15) is 22.7 Å². The summed E-state index contributed by atoms with van der Waals surface area (Å²) >= 11 is 1.14. The Hall–Kier alpha value is -3.20. The van der Waals surface area contributed by atoms with Gasteiger partial charge in [0.2, 0.25) is 11.0 Å². The van der Waals surface area contributed by atoms with Crippen molar-refractivity contribution >= 4 is 28.3 Å². The molecule has 1 aromatic heterocycles. The Bertz CT molecular complexity index is 1020. The van der Waals surface area contributed by atoms with Crippen molar-refractivity contribution in [2.45, 2.75) is 26.3 Å². The molecule has 3 aromatic rings. The first kappa shape index (κ1) is 21.5. The fourth-order valence-electron chi connectivity index (χ4n) is 2.69. The van der Waals surface area contributed by atoms with Gasteiger partial charge in [-0.2, -0.15) is 0 Å². The topological polar surface area (TPSA) is 84.0 Å². The van der Waals surface area contributed by atoms with Crippen molar-refractivity contribution in [2.24, 2.45) is 5.92 Å². The number of rotatable bonds is 7. The summed E-state index contributed by atoms with van der Waals surface area (Å²) in [5.41, 5.74) is 0.935. The van der Waals surface area contributed by atoms with Crippen LogP contribution in [0.4, 0.5) is 13.9 Å². The smallest absolute Gasteiger partial charge is 0.251 e. The lowest BCUT2D eigenvalue weighted by Gasteiger charge is -2.23. The van der Waals surface area contributed by atoms with E-state index in [2.05, 4.69) is 20.8 Å². The molecule has 2 aromatic carbocycles. The van der Waals surface area contributed by atoms with Crippen molar-refractivity contribution in [1.29, 1.82) is 0 Å². The summed E-state index contributed by atoms with van der Waals surface area (Å²) in [5.74, 6) is -1.86. The lowest BCUT2D eigenvalue weighted by Crippen LogP contribution is -2.47. The highest BCUT2D eigenvalue weighted by atomic mass is 32.1. The van der Waals surface area contributed by atoms with Crippen LogP contribution in [-0.2, 0) is 4.79 Å². The number of carbonyl (C=O) groups excluding carboxylic acids is 2. The lowest BCUT2D eigenvalue weighted by atomic mass is 9.98. The number of halogens is 2. The molecule has 156 valence electrons. The van der Waals surface area contributed by atoms with Crippen molar-refractivity contribution in [1.82, 2.24) is 15.5 Å². The van der Waals surface area contributed by atoms with Gasteiger partial charge in [-0.25, -0.2) is 8.78 Å². The predicted octanol–water partition coefficient (Wildman–Crippen LogP) is 4.27. The van der Waals surface area contributed by atoms with Crippen LogP contribution in [-0.4, -0.2) is 28.1 Å². The maximum atomic E-state index is 13.1. The number of nitrogens with zero attached hydrogens (tertiary/aromatic N) is 2. The van der Waals surface area contributed by atoms with Gasteiger partial charge >= 0.3 is 0 Å². The molecule has 6 nitrogen and oxygen atoms in total. The van der Waals surface area contributed by atoms with Gasteiger partial charge in [0, 0.05) is 11.1 Å². The highest BCUT2D eigenvalue weighted by Crippen LogP contribution is 2.26. The summed E-state index contributed by atoms with van der Waals surface area (Å²) in [6.07, 6.45) is 0.652. The predicted molar refractivity (Wildman–Crippen MR) is 111 cm³/mol. The van der Waals surface area contributed by atoms with Crippen molar-refractivity contribution in [2.75, 3.05) is 5.32 Å². The van der Waals surface area contributed by atoms with E-state index in [-0.39, 0.29) is 22.4 Å². The zero-order valence-electron chi connectivity index (χ0n) is 16.4. The number of amides is 2. The van der Waals surface area contributed by atoms with Gasteiger partial charge in [0.15, 0.2) is 0 Å². The van der Waals surface area contributed by atoms with Crippen molar-refractivity contribution in [3.05, 3.63) is 65.7 Å². The Morgan fingerprint density at radius 1 is 1.00 bits per heavy atom. The molecule has 0 spiro atoms. The van der Waals surface area contributed by atoms with E-state index in [9.17, 15) is 18.4 Å². The molecule has 1 heterocycles. The van der Waals surface area contributed by atoms with Gasteiger partial charge < -0.3 is 5.32 Å². The Labute approximate surface area is 176 Å². The molecule has 0 aliphatic heterocycles. The first-order chi connectivity index (χ1) is 14.4. The standard InChI is InChI=1S/C21H20F2N4O2S/c1-3-12(2)17(24-18(28)13-4-8-15(22)9-5-13)19(29)25-21-27-26-20(30-21)14-6-10-16(23)11-7-14/h4-12,17H,3H2,1-2H3,(H,24,28)(H,25,27,29). The zero-order chi connectivity index (χ0) is 21.7. The SMILES string of the molecule is CCC(C)C(NC(=O)c1ccc(F)cc1)C(=O)Nc1nnc(-c2ccc(F)cc2)s1. The fraction of sp³-hybridized carbons (Fsp3) is 0.238. The zero-order valence-corrected chi connectivity index (χ0v) is 17.2. The average Bonchev–Trinajstić information content (AvgIpc) is 3.20. The van der Waals surface area contributed by atoms with Crippen LogP contribution < -0.4 is 10.6 Å². The lowest BCUT2D eigenvalue weighted by molar-refractivity contribution is -0.119. The van der Waals surface area contributed by atoms with Crippen LogP contribution in [0.3, 0.4) is 0 Å². The molecule has 0 aliphatic rings. The summed E-state index contributed by atoms with van der Waals surface area (Å²) in [6.45, 7) is 3.76. The van der Waals surface area contributed by atoms with E-state index in [4.69, 9.17) is 0 Å². The number of nitrogens with one attached hydrogen (secondary N) is 2. The van der Waals surface area contributed by atoms with Crippen molar-refractivity contribution in [3.63, 3.8) is 0 Å². The summed E-state index contributed by atoms with van der Waals surface area (Å²) in [5, 5.41) is 14.2. The third-order valence-corrected chi connectivity index (χ3v) is 5.52. The third kappa shape index (κ3) is 5.24. The van der Waals surface area contributed by atoms with E-state index in [1.54, 1.807) is 12.1 Å². The van der Waals surface area contributed by atoms with Crippen LogP contribution in [0.5, 0.6) is 0 Å². The number of hydrogen-bond donors (Lipinski definition) is 2. The quantitative estimate of drug-likeness (QED) is 0.586. The minimum Gasteiger partial charge on any atom is -0.340 e. The van der Waals surface area contributed by atoms with E-state index in [1.165, 1.54) is 36.4 Å². The van der Waals surface area contributed by atoms with Gasteiger partial charge in [-0.05, 0) is 54.4 Å². The van der Waals surface area contributed by atoms with Crippen LogP contribution in [0.2, 0.25) is 0 Å². The summed E-state index contributed by atoms with van der Waals surface area (Å²) in [4.78, 5) is 25.3. The van der Waals surface area contributed by atoms with Gasteiger partial charge in [-0.3, -0.25) is 14.9 Å². The molecular weight excluding hydrogens is 410 g/mol. The monoisotopic (exact) mass is 430 g/mol. The van der Waals surface area contributed by atoms with Crippen LogP contribution in [0.25, 0.3) is 10.6 Å². The van der Waals surface area contributed by atoms with E-state index in [0.29, 0.717) is 17.0 Å². The molecule has 0 saturated heterocycles. The Morgan fingerprint density at radius 3 is 2.20 bits per heavy atom. The largest absolute Gasteiger partial charge is 0.340 e. The normalized spacial score (nSPS) is 12.8. The van der Waals surface area contributed by atoms with Crippen LogP contribution in [0.1, 0.15) is 30.6 Å². The molecule has 0 bridgehead atoms. The Kier molecular flexibility index (Phi) is 6.83. The van der Waals surface area contributed by atoms with E-state index in [1.807, 2.05) is 13.8 Å². The Morgan fingerprint density at radius 2 is 1.60 bits per heavy atom. The van der Waals surface area contributed by atoms with Gasteiger partial charge in [-0.1, -0.05) is 31.6 Å². The minimum atomic E-state index is -0.814. The highest BCUT2D eigenvalue weighted by molar-refractivity contribution is 7.18. The van der Waals surface area contributed by atoms with Crippen molar-refractivity contribution in [3.8, 4) is 10.6 Å². The fourth-order valence-corrected chi connectivity index (χ4v) is 3.45. The van der Waals surface area contributed by atoms with Gasteiger partial charge in [0.25, 0.3) is 5.91 Å². The number of aromatic nitrogens is 2. The maximum absolute atomic E-state index is 13.1. The second kappa shape index (κ2) is 9.53. The molecule has 0 aliphatic carbocycles. The molecule has 2 unspecified atom stereocenters. The number of anilines is 1. The first-order valence-corrected chi connectivity index (χ1v) is 10.2. The first-order valence-electron chi connectivity index (χ1n) is 9.34. The van der Waals surface area contributed by atoms with Gasteiger partial charge in [0.05, 0.1) is 0 Å². The summed E-state index contributed by atoms with van der Waals surface area (Å²) < 4.78 is 26.2. The van der Waals surface area contributed by atoms with Crippen LogP contribution in [0, 0.1) is 17.6 Å².